The van der Waals surface area contributed by atoms with Crippen LogP contribution in [0.2, 0.25) is 0 Å². The van der Waals surface area contributed by atoms with Crippen LogP contribution in [0.1, 0.15) is 10.4 Å². The fraction of sp³-hybridized carbons (Fsp3) is 0.250. The van der Waals surface area contributed by atoms with E-state index in [2.05, 4.69) is 10.3 Å². The highest BCUT2D eigenvalue weighted by Crippen LogP contribution is 2.10. The number of aromatic nitrogens is 1. The average molecular weight is 198 g/mol. The second-order valence-corrected chi connectivity index (χ2v) is 2.63. The lowest BCUT2D eigenvalue weighted by Gasteiger charge is -2.05. The van der Waals surface area contributed by atoms with Crippen LogP contribution in [-0.4, -0.2) is 24.0 Å². The topological polar surface area (TPSA) is 94.0 Å². The molecule has 0 bridgehead atoms. The zero-order valence-corrected chi connectivity index (χ0v) is 7.46. The molecule has 1 aromatic heterocycles. The first-order valence-electron chi connectivity index (χ1n) is 4.04. The van der Waals surface area contributed by atoms with E-state index in [9.17, 15) is 9.18 Å². The van der Waals surface area contributed by atoms with E-state index in [0.29, 0.717) is 13.1 Å². The number of carbonyl (C=O) groups excluding carboxylic acids is 1. The molecule has 0 aliphatic rings. The van der Waals surface area contributed by atoms with E-state index in [4.69, 9.17) is 11.5 Å². The van der Waals surface area contributed by atoms with Gasteiger partial charge in [-0.05, 0) is 6.07 Å². The first-order valence-corrected chi connectivity index (χ1v) is 4.04. The van der Waals surface area contributed by atoms with Crippen molar-refractivity contribution in [3.8, 4) is 0 Å². The number of nitrogens with zero attached hydrogens (tertiary/aromatic N) is 1. The normalized spacial score (nSPS) is 9.86. The molecule has 1 heterocycles. The van der Waals surface area contributed by atoms with Crippen LogP contribution in [0.4, 0.5) is 10.2 Å². The summed E-state index contributed by atoms with van der Waals surface area (Å²) in [5.74, 6) is -1.25. The van der Waals surface area contributed by atoms with Gasteiger partial charge in [-0.15, -0.1) is 0 Å². The van der Waals surface area contributed by atoms with Crippen molar-refractivity contribution in [2.45, 2.75) is 0 Å². The van der Waals surface area contributed by atoms with Crippen molar-refractivity contribution in [1.82, 2.24) is 4.98 Å². The highest BCUT2D eigenvalue weighted by atomic mass is 19.1. The number of amides is 1. The minimum absolute atomic E-state index is 0.0424. The Hall–Kier alpha value is -1.69. The lowest BCUT2D eigenvalue weighted by molar-refractivity contribution is 0.0999. The molecule has 1 rings (SSSR count). The molecule has 0 saturated heterocycles. The molecule has 14 heavy (non-hydrogen) atoms. The van der Waals surface area contributed by atoms with Crippen molar-refractivity contribution in [2.75, 3.05) is 18.4 Å². The third kappa shape index (κ3) is 2.40. The first kappa shape index (κ1) is 10.4. The van der Waals surface area contributed by atoms with Crippen LogP contribution in [0.15, 0.2) is 12.3 Å². The van der Waals surface area contributed by atoms with Crippen molar-refractivity contribution in [3.63, 3.8) is 0 Å². The number of pyridine rings is 1. The molecule has 0 aliphatic heterocycles. The van der Waals surface area contributed by atoms with Gasteiger partial charge in [-0.25, -0.2) is 9.37 Å². The Labute approximate surface area is 80.3 Å². The molecule has 6 heteroatoms. The van der Waals surface area contributed by atoms with E-state index >= 15 is 0 Å². The molecule has 76 valence electrons. The van der Waals surface area contributed by atoms with Gasteiger partial charge in [0.1, 0.15) is 0 Å². The highest BCUT2D eigenvalue weighted by Gasteiger charge is 2.07. The lowest BCUT2D eigenvalue weighted by Crippen LogP contribution is -2.16. The summed E-state index contributed by atoms with van der Waals surface area (Å²) in [6.07, 6.45) is 1.21. The van der Waals surface area contributed by atoms with E-state index in [-0.39, 0.29) is 11.4 Å². The fourth-order valence-corrected chi connectivity index (χ4v) is 0.893. The Morgan fingerprint density at radius 3 is 2.86 bits per heavy atom. The molecule has 0 spiro atoms. The van der Waals surface area contributed by atoms with Crippen LogP contribution in [0.5, 0.6) is 0 Å². The van der Waals surface area contributed by atoms with Crippen LogP contribution in [0.3, 0.4) is 0 Å². The maximum atomic E-state index is 13.2. The number of nitrogens with one attached hydrogen (secondary N) is 1. The van der Waals surface area contributed by atoms with Crippen LogP contribution in [-0.2, 0) is 0 Å². The molecule has 0 atom stereocenters. The summed E-state index contributed by atoms with van der Waals surface area (Å²) in [7, 11) is 0. The smallest absolute Gasteiger partial charge is 0.250 e. The van der Waals surface area contributed by atoms with Crippen molar-refractivity contribution in [2.24, 2.45) is 11.5 Å². The van der Waals surface area contributed by atoms with Crippen molar-refractivity contribution in [3.05, 3.63) is 23.6 Å². The molecular weight excluding hydrogens is 187 g/mol. The van der Waals surface area contributed by atoms with Gasteiger partial charge >= 0.3 is 0 Å². The number of hydrogen-bond donors (Lipinski definition) is 3. The second kappa shape index (κ2) is 4.52. The maximum Gasteiger partial charge on any atom is 0.250 e. The summed E-state index contributed by atoms with van der Waals surface area (Å²) < 4.78 is 13.2. The van der Waals surface area contributed by atoms with Gasteiger partial charge in [-0.3, -0.25) is 4.79 Å². The van der Waals surface area contributed by atoms with Gasteiger partial charge in [0.25, 0.3) is 0 Å². The average Bonchev–Trinajstić information content (AvgIpc) is 2.15. The van der Waals surface area contributed by atoms with Crippen LogP contribution in [0, 0.1) is 5.82 Å². The molecular formula is C8H11FN4O. The van der Waals surface area contributed by atoms with Crippen molar-refractivity contribution < 1.29 is 9.18 Å². The standard InChI is InChI=1S/C8H11FN4O/c9-6-3-5(7(11)14)4-13-8(6)12-2-1-10/h3-4H,1-2,10H2,(H2,11,14)(H,12,13). The van der Waals surface area contributed by atoms with E-state index in [0.717, 1.165) is 6.07 Å². The Morgan fingerprint density at radius 2 is 2.36 bits per heavy atom. The van der Waals surface area contributed by atoms with E-state index < -0.39 is 11.7 Å². The Balaban J connectivity index is 2.84. The van der Waals surface area contributed by atoms with Crippen LogP contribution >= 0.6 is 0 Å². The number of rotatable bonds is 4. The zero-order valence-electron chi connectivity index (χ0n) is 7.46. The molecule has 1 aromatic rings. The van der Waals surface area contributed by atoms with E-state index in [1.54, 1.807) is 0 Å². The number of nitrogens with two attached hydrogens (primary N) is 2. The number of carbonyl (C=O) groups is 1. The quantitative estimate of drug-likeness (QED) is 0.618. The molecule has 5 N–H and O–H groups in total. The lowest BCUT2D eigenvalue weighted by atomic mass is 10.2. The largest absolute Gasteiger partial charge is 0.366 e. The molecule has 0 aromatic carbocycles. The fourth-order valence-electron chi connectivity index (χ4n) is 0.893. The predicted octanol–water partition coefficient (Wildman–Crippen LogP) is -0.310. The van der Waals surface area contributed by atoms with E-state index in [1.807, 2.05) is 0 Å². The Morgan fingerprint density at radius 1 is 1.64 bits per heavy atom. The van der Waals surface area contributed by atoms with Gasteiger partial charge in [0, 0.05) is 19.3 Å². The van der Waals surface area contributed by atoms with Crippen LogP contribution < -0.4 is 16.8 Å². The third-order valence-electron chi connectivity index (χ3n) is 1.56. The summed E-state index contributed by atoms with van der Waals surface area (Å²) in [5.41, 5.74) is 10.2. The Kier molecular flexibility index (Phi) is 3.35. The number of halogens is 1. The number of anilines is 1. The molecule has 0 fully saturated rings. The first-order chi connectivity index (χ1) is 6.65. The predicted molar refractivity (Wildman–Crippen MR) is 50.3 cm³/mol. The van der Waals surface area contributed by atoms with Crippen molar-refractivity contribution >= 4 is 11.7 Å². The van der Waals surface area contributed by atoms with Gasteiger partial charge < -0.3 is 16.8 Å². The maximum absolute atomic E-state index is 13.2. The summed E-state index contributed by atoms with van der Waals surface area (Å²) in [6, 6.07) is 1.04. The monoisotopic (exact) mass is 198 g/mol. The third-order valence-corrected chi connectivity index (χ3v) is 1.56. The minimum Gasteiger partial charge on any atom is -0.366 e. The summed E-state index contributed by atoms with van der Waals surface area (Å²) in [6.45, 7) is 0.790. The molecule has 1 amide bonds. The minimum atomic E-state index is -0.707. The number of primary amides is 1. The molecule has 0 aliphatic carbocycles. The summed E-state index contributed by atoms with van der Waals surface area (Å²) >= 11 is 0. The van der Waals surface area contributed by atoms with Crippen molar-refractivity contribution in [1.29, 1.82) is 0 Å². The van der Waals surface area contributed by atoms with E-state index in [1.165, 1.54) is 6.20 Å². The van der Waals surface area contributed by atoms with Crippen LogP contribution in [0.25, 0.3) is 0 Å². The van der Waals surface area contributed by atoms with Gasteiger partial charge in [0.15, 0.2) is 11.6 Å². The second-order valence-electron chi connectivity index (χ2n) is 2.63. The van der Waals surface area contributed by atoms with Gasteiger partial charge in [0.2, 0.25) is 5.91 Å². The summed E-state index contributed by atoms with van der Waals surface area (Å²) in [4.78, 5) is 14.3. The SMILES string of the molecule is NCCNc1ncc(C(N)=O)cc1F. The molecule has 0 unspecified atom stereocenters. The zero-order chi connectivity index (χ0) is 10.6. The molecule has 5 nitrogen and oxygen atoms in total. The Bertz CT molecular complexity index is 342. The molecule has 0 radical (unpaired) electrons. The van der Waals surface area contributed by atoms with Gasteiger partial charge in [-0.1, -0.05) is 0 Å². The highest BCUT2D eigenvalue weighted by molar-refractivity contribution is 5.92. The summed E-state index contributed by atoms with van der Waals surface area (Å²) in [5, 5.41) is 2.67. The number of hydrogen-bond acceptors (Lipinski definition) is 4. The molecule has 0 saturated carbocycles. The van der Waals surface area contributed by atoms with Gasteiger partial charge in [-0.2, -0.15) is 0 Å². The van der Waals surface area contributed by atoms with Gasteiger partial charge in [0.05, 0.1) is 5.56 Å².